The zero-order chi connectivity index (χ0) is 21.1. The molecule has 0 N–H and O–H groups in total. The fourth-order valence-corrected chi connectivity index (χ4v) is 6.19. The van der Waals surface area contributed by atoms with Crippen molar-refractivity contribution in [1.82, 2.24) is 0 Å². The molecule has 0 amide bonds. The summed E-state index contributed by atoms with van der Waals surface area (Å²) < 4.78 is 21.0. The van der Waals surface area contributed by atoms with Crippen LogP contribution in [0.2, 0.25) is 0 Å². The summed E-state index contributed by atoms with van der Waals surface area (Å²) in [6, 6.07) is 18.1. The Balaban J connectivity index is 0.000000230. The van der Waals surface area contributed by atoms with E-state index in [1.807, 2.05) is 0 Å². The van der Waals surface area contributed by atoms with Gasteiger partial charge in [0, 0.05) is 10.7 Å². The zero-order valence-electron chi connectivity index (χ0n) is 17.2. The lowest BCUT2D eigenvalue weighted by Gasteiger charge is -2.30. The summed E-state index contributed by atoms with van der Waals surface area (Å²) >= 11 is 3.63. The smallest absolute Gasteiger partial charge is 0.175 e. The molecule has 3 aromatic carbocycles. The first-order valence-corrected chi connectivity index (χ1v) is 13.4. The van der Waals surface area contributed by atoms with Gasteiger partial charge in [-0.2, -0.15) is 0 Å². The molecule has 0 spiro atoms. The molecule has 4 heteroatoms. The van der Waals surface area contributed by atoms with Gasteiger partial charge in [-0.3, -0.25) is 0 Å². The van der Waals surface area contributed by atoms with Crippen LogP contribution in [-0.4, -0.2) is 19.5 Å². The number of sulfone groups is 1. The highest BCUT2D eigenvalue weighted by molar-refractivity contribution is 9.09. The summed E-state index contributed by atoms with van der Waals surface area (Å²) in [7, 11) is -2.85. The van der Waals surface area contributed by atoms with E-state index < -0.39 is 9.84 Å². The summed E-state index contributed by atoms with van der Waals surface area (Å²) in [5.41, 5.74) is 3.18. The second-order valence-electron chi connectivity index (χ2n) is 8.29. The lowest BCUT2D eigenvalue weighted by molar-refractivity contribution is 0.410. The standard InChI is InChI=1S/C21H21Br.C5H6O2S/c1-14-12-15(10-11-22)13-21-17(14)8-9-19-18-5-3-2-4-16(18)6-7-20(19)21;6-8(7)4-2-1-3-5-8/h2-9,14-15H,10-13H2,1H3;1-4H,5H2. The monoisotopic (exact) mass is 482 g/mol. The third-order valence-corrected chi connectivity index (χ3v) is 7.85. The van der Waals surface area contributed by atoms with Crippen molar-refractivity contribution in [2.75, 3.05) is 11.1 Å². The molecule has 0 saturated carbocycles. The first-order valence-electron chi connectivity index (χ1n) is 10.5. The molecule has 2 aliphatic rings. The van der Waals surface area contributed by atoms with Gasteiger partial charge in [-0.15, -0.1) is 0 Å². The van der Waals surface area contributed by atoms with Gasteiger partial charge in [0.1, 0.15) is 0 Å². The molecular weight excluding hydrogens is 456 g/mol. The largest absolute Gasteiger partial charge is 0.224 e. The topological polar surface area (TPSA) is 34.1 Å². The molecule has 0 bridgehead atoms. The Morgan fingerprint density at radius 2 is 1.77 bits per heavy atom. The number of hydrogen-bond acceptors (Lipinski definition) is 2. The molecule has 2 atom stereocenters. The van der Waals surface area contributed by atoms with Crippen molar-refractivity contribution < 1.29 is 8.42 Å². The summed E-state index contributed by atoms with van der Waals surface area (Å²) in [4.78, 5) is 0. The quantitative estimate of drug-likeness (QED) is 0.293. The molecule has 156 valence electrons. The van der Waals surface area contributed by atoms with Crippen molar-refractivity contribution in [3.8, 4) is 0 Å². The molecule has 0 fully saturated rings. The van der Waals surface area contributed by atoms with Crippen LogP contribution in [0.4, 0.5) is 0 Å². The highest BCUT2D eigenvalue weighted by Crippen LogP contribution is 2.41. The predicted molar refractivity (Wildman–Crippen MR) is 132 cm³/mol. The Morgan fingerprint density at radius 3 is 2.47 bits per heavy atom. The van der Waals surface area contributed by atoms with Gasteiger partial charge in [0.15, 0.2) is 9.84 Å². The minimum atomic E-state index is -2.85. The molecule has 0 radical (unpaired) electrons. The molecule has 0 saturated heterocycles. The highest BCUT2D eigenvalue weighted by Gasteiger charge is 2.25. The van der Waals surface area contributed by atoms with Crippen LogP contribution in [0.1, 0.15) is 36.8 Å². The molecule has 0 aromatic heterocycles. The molecule has 2 nitrogen and oxygen atoms in total. The zero-order valence-corrected chi connectivity index (χ0v) is 19.6. The van der Waals surface area contributed by atoms with Gasteiger partial charge >= 0.3 is 0 Å². The van der Waals surface area contributed by atoms with E-state index >= 15 is 0 Å². The van der Waals surface area contributed by atoms with Crippen molar-refractivity contribution in [2.45, 2.75) is 32.1 Å². The van der Waals surface area contributed by atoms with E-state index in [-0.39, 0.29) is 5.75 Å². The Kier molecular flexibility index (Phi) is 6.45. The fourth-order valence-electron chi connectivity index (χ4n) is 4.72. The average Bonchev–Trinajstić information content (AvgIpc) is 2.74. The maximum absolute atomic E-state index is 10.5. The van der Waals surface area contributed by atoms with E-state index in [1.165, 1.54) is 52.3 Å². The third kappa shape index (κ3) is 4.55. The van der Waals surface area contributed by atoms with Gasteiger partial charge in [0.25, 0.3) is 0 Å². The van der Waals surface area contributed by atoms with E-state index in [1.54, 1.807) is 23.3 Å². The predicted octanol–water partition coefficient (Wildman–Crippen LogP) is 6.93. The van der Waals surface area contributed by atoms with Crippen LogP contribution in [-0.2, 0) is 16.3 Å². The Bertz CT molecular complexity index is 1220. The molecule has 2 unspecified atom stereocenters. The Labute approximate surface area is 187 Å². The number of halogens is 1. The maximum Gasteiger partial charge on any atom is 0.175 e. The van der Waals surface area contributed by atoms with E-state index in [2.05, 4.69) is 71.4 Å². The number of alkyl halides is 1. The first kappa shape index (κ1) is 21.3. The minimum absolute atomic E-state index is 0.156. The van der Waals surface area contributed by atoms with Gasteiger partial charge in [0.2, 0.25) is 0 Å². The lowest BCUT2D eigenvalue weighted by atomic mass is 9.75. The van der Waals surface area contributed by atoms with Crippen LogP contribution >= 0.6 is 15.9 Å². The third-order valence-electron chi connectivity index (χ3n) is 6.16. The number of fused-ring (bicyclic) bond motifs is 5. The van der Waals surface area contributed by atoms with Crippen LogP contribution in [0.15, 0.2) is 72.2 Å². The summed E-state index contributed by atoms with van der Waals surface area (Å²) in [5, 5.41) is 7.96. The molecule has 1 aliphatic carbocycles. The summed E-state index contributed by atoms with van der Waals surface area (Å²) in [6.07, 6.45) is 8.72. The fraction of sp³-hybridized carbons (Fsp3) is 0.308. The van der Waals surface area contributed by atoms with Crippen molar-refractivity contribution in [2.24, 2.45) is 5.92 Å². The van der Waals surface area contributed by atoms with Gasteiger partial charge in [-0.1, -0.05) is 89.6 Å². The Morgan fingerprint density at radius 1 is 0.967 bits per heavy atom. The van der Waals surface area contributed by atoms with E-state index in [4.69, 9.17) is 0 Å². The van der Waals surface area contributed by atoms with Gasteiger partial charge in [0.05, 0.1) is 5.75 Å². The molecule has 1 aliphatic heterocycles. The van der Waals surface area contributed by atoms with Crippen molar-refractivity contribution in [3.63, 3.8) is 0 Å². The van der Waals surface area contributed by atoms with Crippen molar-refractivity contribution >= 4 is 47.3 Å². The van der Waals surface area contributed by atoms with Crippen LogP contribution in [0, 0.1) is 5.92 Å². The molecule has 1 heterocycles. The van der Waals surface area contributed by atoms with Crippen molar-refractivity contribution in [3.05, 3.63) is 83.3 Å². The molecule has 3 aromatic rings. The van der Waals surface area contributed by atoms with E-state index in [9.17, 15) is 8.42 Å². The minimum Gasteiger partial charge on any atom is -0.224 e. The van der Waals surface area contributed by atoms with Crippen LogP contribution in [0.3, 0.4) is 0 Å². The van der Waals surface area contributed by atoms with Gasteiger partial charge < -0.3 is 0 Å². The Hall–Kier alpha value is -1.91. The average molecular weight is 483 g/mol. The summed E-state index contributed by atoms with van der Waals surface area (Å²) in [5.74, 6) is 1.66. The van der Waals surface area contributed by atoms with Crippen LogP contribution in [0.25, 0.3) is 21.5 Å². The number of allylic oxidation sites excluding steroid dienone is 2. The highest BCUT2D eigenvalue weighted by atomic mass is 79.9. The molecule has 5 rings (SSSR count). The van der Waals surface area contributed by atoms with E-state index in [0.717, 1.165) is 11.2 Å². The van der Waals surface area contributed by atoms with E-state index in [0.29, 0.717) is 5.92 Å². The maximum atomic E-state index is 10.5. The second kappa shape index (κ2) is 9.07. The number of rotatable bonds is 2. The molecule has 30 heavy (non-hydrogen) atoms. The van der Waals surface area contributed by atoms with Crippen LogP contribution < -0.4 is 0 Å². The van der Waals surface area contributed by atoms with Gasteiger partial charge in [-0.25, -0.2) is 8.42 Å². The van der Waals surface area contributed by atoms with Gasteiger partial charge in [-0.05, 0) is 63.8 Å². The number of hydrogen-bond donors (Lipinski definition) is 0. The first-order chi connectivity index (χ1) is 14.5. The normalized spacial score (nSPS) is 21.8. The number of benzene rings is 3. The lowest BCUT2D eigenvalue weighted by Crippen LogP contribution is -2.18. The van der Waals surface area contributed by atoms with Crippen LogP contribution in [0.5, 0.6) is 0 Å². The van der Waals surface area contributed by atoms with Crippen molar-refractivity contribution in [1.29, 1.82) is 0 Å². The second-order valence-corrected chi connectivity index (χ2v) is 11.0. The summed E-state index contributed by atoms with van der Waals surface area (Å²) in [6.45, 7) is 2.39. The molecular formula is C26H27BrO2S. The SMILES string of the molecule is CC1CC(CCBr)Cc2c1ccc1c2ccc2ccccc21.O=S1(=O)C=CC=CC1.